The van der Waals surface area contributed by atoms with E-state index in [4.69, 9.17) is 0 Å². The molecule has 4 aromatic carbocycles. The lowest BCUT2D eigenvalue weighted by atomic mass is 10.1. The van der Waals surface area contributed by atoms with Crippen molar-refractivity contribution in [3.05, 3.63) is 93.5 Å². The van der Waals surface area contributed by atoms with Crippen molar-refractivity contribution in [1.29, 1.82) is 0 Å². The third-order valence-electron chi connectivity index (χ3n) is 4.77. The van der Waals surface area contributed by atoms with Gasteiger partial charge in [-0.05, 0) is 6.07 Å². The number of nitro benzene ring substituents is 1. The predicted octanol–water partition coefficient (Wildman–Crippen LogP) is 3.21. The van der Waals surface area contributed by atoms with Gasteiger partial charge >= 0.3 is 0 Å². The number of fused-ring (bicyclic) bond motifs is 4. The van der Waals surface area contributed by atoms with Crippen molar-refractivity contribution < 1.29 is 4.92 Å². The molecule has 1 aromatic heterocycles. The molecule has 0 saturated heterocycles. The summed E-state index contributed by atoms with van der Waals surface area (Å²) in [6.07, 6.45) is 0. The highest BCUT2D eigenvalue weighted by molar-refractivity contribution is 7.36. The van der Waals surface area contributed by atoms with E-state index in [-0.39, 0.29) is 45.8 Å². The lowest BCUT2D eigenvalue weighted by Crippen LogP contribution is -2.15. The average Bonchev–Trinajstić information content (AvgIpc) is 2.74. The third kappa shape index (κ3) is 2.28. The van der Waals surface area contributed by atoms with Crippen LogP contribution in [0.4, 0.5) is 5.69 Å². The van der Waals surface area contributed by atoms with Gasteiger partial charge in [-0.2, -0.15) is 0 Å². The fourth-order valence-corrected chi connectivity index (χ4v) is 5.92. The van der Waals surface area contributed by atoms with Crippen molar-refractivity contribution in [3.8, 4) is 0 Å². The first-order valence-electron chi connectivity index (χ1n) is 8.29. The molecular weight excluding hydrogens is 414 g/mol. The number of rotatable bonds is 1. The summed E-state index contributed by atoms with van der Waals surface area (Å²) in [5.41, 5.74) is -2.52. The van der Waals surface area contributed by atoms with Gasteiger partial charge in [0, 0.05) is 22.2 Å². The molecule has 0 aliphatic carbocycles. The first-order chi connectivity index (χ1) is 13.9. The Kier molecular flexibility index (Phi) is 3.61. The van der Waals surface area contributed by atoms with Crippen LogP contribution in [0.5, 0.6) is 0 Å². The maximum absolute atomic E-state index is 13.1. The molecule has 0 radical (unpaired) electrons. The monoisotopic (exact) mass is 421 g/mol. The zero-order chi connectivity index (χ0) is 20.4. The highest BCUT2D eigenvalue weighted by Gasteiger charge is 2.22. The molecule has 0 bridgehead atoms. The van der Waals surface area contributed by atoms with Gasteiger partial charge in [0.1, 0.15) is 5.39 Å². The number of benzene rings is 4. The second-order valence-electron chi connectivity index (χ2n) is 6.34. The second kappa shape index (κ2) is 5.97. The second-order valence-corrected chi connectivity index (χ2v) is 8.38. The van der Waals surface area contributed by atoms with Crippen LogP contribution in [-0.2, 0) is 0 Å². The van der Waals surface area contributed by atoms with Crippen LogP contribution in [-0.4, -0.2) is 4.92 Å². The van der Waals surface area contributed by atoms with Crippen molar-refractivity contribution >= 4 is 68.7 Å². The van der Waals surface area contributed by atoms with E-state index in [1.165, 1.54) is 18.2 Å². The van der Waals surface area contributed by atoms with E-state index >= 15 is 0 Å². The molecule has 7 nitrogen and oxygen atoms in total. The molecule has 0 amide bonds. The highest BCUT2D eigenvalue weighted by Crippen LogP contribution is 2.30. The van der Waals surface area contributed by atoms with E-state index in [2.05, 4.69) is 0 Å². The lowest BCUT2D eigenvalue weighted by Gasteiger charge is -2.04. The van der Waals surface area contributed by atoms with Gasteiger partial charge in [-0.3, -0.25) is 29.3 Å². The first-order valence-corrected chi connectivity index (χ1v) is 9.93. The minimum atomic E-state index is -0.716. The van der Waals surface area contributed by atoms with Gasteiger partial charge in [0.2, 0.25) is 21.7 Å². The fourth-order valence-electron chi connectivity index (χ4n) is 3.47. The number of nitro groups is 1. The topological polar surface area (TPSA) is 111 Å². The molecule has 29 heavy (non-hydrogen) atoms. The molecule has 0 N–H and O–H groups in total. The minimum Gasteiger partial charge on any atom is -0.288 e. The van der Waals surface area contributed by atoms with E-state index in [1.807, 2.05) is 0 Å². The van der Waals surface area contributed by atoms with Crippen molar-refractivity contribution in [3.63, 3.8) is 0 Å². The molecule has 0 spiro atoms. The molecule has 5 aromatic rings. The molecule has 0 saturated carbocycles. The molecule has 140 valence electrons. The van der Waals surface area contributed by atoms with Crippen LogP contribution in [0, 0.1) is 10.1 Å². The molecular formula is C20H7NO6S2. The van der Waals surface area contributed by atoms with Gasteiger partial charge in [-0.25, -0.2) is 0 Å². The number of hydrogen-bond acceptors (Lipinski definition) is 8. The molecule has 5 rings (SSSR count). The number of hydrogen-bond donors (Lipinski definition) is 0. The molecule has 0 aliphatic rings. The molecule has 0 atom stereocenters. The Hall–Kier alpha value is -3.56. The molecule has 0 aliphatic heterocycles. The predicted molar refractivity (Wildman–Crippen MR) is 115 cm³/mol. The van der Waals surface area contributed by atoms with Crippen LogP contribution in [0.25, 0.3) is 40.3 Å². The van der Waals surface area contributed by atoms with Gasteiger partial charge in [0.25, 0.3) is 5.69 Å². The summed E-state index contributed by atoms with van der Waals surface area (Å²) in [6, 6.07) is 10.2. The molecule has 0 unspecified atom stereocenters. The largest absolute Gasteiger partial charge is 0.288 e. The SMILES string of the molecule is O=c1c2ccccc2c(=O)c2sc3c(=O)c4c([N+](=O)[O-])cccc4c(=O)c3sc12. The van der Waals surface area contributed by atoms with E-state index < -0.39 is 26.9 Å². The summed E-state index contributed by atoms with van der Waals surface area (Å²) in [4.78, 5) is 62.5. The number of non-ortho nitro benzene ring substituents is 1. The van der Waals surface area contributed by atoms with Gasteiger partial charge in [-0.1, -0.05) is 30.3 Å². The van der Waals surface area contributed by atoms with Crippen LogP contribution in [0.15, 0.2) is 61.6 Å². The third-order valence-corrected chi connectivity index (χ3v) is 7.41. The summed E-state index contributed by atoms with van der Waals surface area (Å²) < 4.78 is 0.140. The van der Waals surface area contributed by atoms with Crippen molar-refractivity contribution in [2.75, 3.05) is 0 Å². The van der Waals surface area contributed by atoms with Crippen molar-refractivity contribution in [2.24, 2.45) is 0 Å². The molecule has 9 heteroatoms. The first kappa shape index (κ1) is 17.5. The normalized spacial score (nSPS) is 11.6. The quantitative estimate of drug-likeness (QED) is 0.233. The zero-order valence-corrected chi connectivity index (χ0v) is 15.9. The summed E-state index contributed by atoms with van der Waals surface area (Å²) in [5.74, 6) is 0. The molecule has 0 fully saturated rings. The highest BCUT2D eigenvalue weighted by atomic mass is 32.1. The average molecular weight is 421 g/mol. The van der Waals surface area contributed by atoms with Gasteiger partial charge in [0.05, 0.1) is 23.7 Å². The zero-order valence-electron chi connectivity index (χ0n) is 14.3. The van der Waals surface area contributed by atoms with E-state index in [9.17, 15) is 29.3 Å². The Morgan fingerprint density at radius 3 is 1.59 bits per heavy atom. The minimum absolute atomic E-state index is 0.0206. The van der Waals surface area contributed by atoms with Crippen molar-refractivity contribution in [1.82, 2.24) is 0 Å². The Balaban J connectivity index is 2.13. The smallest absolute Gasteiger partial charge is 0.281 e. The fraction of sp³-hybridized carbons (Fsp3) is 0. The van der Waals surface area contributed by atoms with Crippen LogP contribution in [0.2, 0.25) is 0 Å². The maximum Gasteiger partial charge on any atom is 0.281 e. The lowest BCUT2D eigenvalue weighted by molar-refractivity contribution is -0.383. The Bertz CT molecular complexity index is 1770. The Labute approximate surface area is 167 Å². The van der Waals surface area contributed by atoms with Crippen LogP contribution in [0.3, 0.4) is 0 Å². The summed E-state index contributed by atoms with van der Waals surface area (Å²) in [7, 11) is 0. The standard InChI is InChI=1S/C20H7NO6S2/c22-13-8-4-1-2-5-9(8)14(23)18-17(13)28-19-15(24)10-6-3-7-11(21(26)27)12(10)16(25)20(19)29-18/h1-7H. The Morgan fingerprint density at radius 2 is 1.07 bits per heavy atom. The van der Waals surface area contributed by atoms with Crippen LogP contribution in [0.1, 0.15) is 0 Å². The van der Waals surface area contributed by atoms with E-state index in [1.54, 1.807) is 18.2 Å². The number of nitrogens with zero attached hydrogens (tertiary/aromatic N) is 1. The van der Waals surface area contributed by atoms with Crippen molar-refractivity contribution in [2.45, 2.75) is 0 Å². The maximum atomic E-state index is 13.1. The summed E-state index contributed by atoms with van der Waals surface area (Å²) >= 11 is 1.54. The summed E-state index contributed by atoms with van der Waals surface area (Å²) in [5, 5.41) is 11.5. The molecule has 1 heterocycles. The van der Waals surface area contributed by atoms with Gasteiger partial charge in [0.15, 0.2) is 0 Å². The van der Waals surface area contributed by atoms with Gasteiger partial charge < -0.3 is 0 Å². The van der Waals surface area contributed by atoms with E-state index in [0.29, 0.717) is 0 Å². The Morgan fingerprint density at radius 1 is 0.621 bits per heavy atom. The van der Waals surface area contributed by atoms with Crippen LogP contribution >= 0.6 is 22.7 Å². The van der Waals surface area contributed by atoms with Gasteiger partial charge in [-0.15, -0.1) is 22.7 Å². The summed E-state index contributed by atoms with van der Waals surface area (Å²) in [6.45, 7) is 0. The van der Waals surface area contributed by atoms with E-state index in [0.717, 1.165) is 28.7 Å². The van der Waals surface area contributed by atoms with Crippen LogP contribution < -0.4 is 21.7 Å².